The van der Waals surface area contributed by atoms with Gasteiger partial charge in [0.1, 0.15) is 5.54 Å². The summed E-state index contributed by atoms with van der Waals surface area (Å²) in [4.78, 5) is 39.6. The Balaban J connectivity index is 1.36. The molecule has 1 atom stereocenters. The van der Waals surface area contributed by atoms with E-state index in [-0.39, 0.29) is 6.79 Å². The number of sulfonamides is 1. The third-order valence-corrected chi connectivity index (χ3v) is 7.36. The van der Waals surface area contributed by atoms with Gasteiger partial charge in [0.2, 0.25) is 16.8 Å². The van der Waals surface area contributed by atoms with E-state index in [0.717, 1.165) is 16.7 Å². The summed E-state index contributed by atoms with van der Waals surface area (Å²) in [6.07, 6.45) is 1.62. The molecule has 172 valence electrons. The Bertz CT molecular complexity index is 1320. The van der Waals surface area contributed by atoms with Crippen molar-refractivity contribution in [2.75, 3.05) is 30.4 Å². The number of anilines is 1. The lowest BCUT2D eigenvalue weighted by Gasteiger charge is -2.22. The van der Waals surface area contributed by atoms with Crippen LogP contribution in [0.3, 0.4) is 0 Å². The van der Waals surface area contributed by atoms with E-state index < -0.39 is 39.8 Å². The maximum atomic E-state index is 13.2. The second-order valence-corrected chi connectivity index (χ2v) is 10.3. The summed E-state index contributed by atoms with van der Waals surface area (Å²) in [5.74, 6) is 0.0574. The Morgan fingerprint density at radius 3 is 2.64 bits per heavy atom. The van der Waals surface area contributed by atoms with Gasteiger partial charge in [0.25, 0.3) is 5.91 Å². The minimum atomic E-state index is -3.40. The predicted molar refractivity (Wildman–Crippen MR) is 117 cm³/mol. The van der Waals surface area contributed by atoms with Crippen molar-refractivity contribution < 1.29 is 32.3 Å². The number of urea groups is 1. The minimum absolute atomic E-state index is 0.0825. The molecular weight excluding hydrogens is 450 g/mol. The van der Waals surface area contributed by atoms with Crippen molar-refractivity contribution >= 4 is 33.4 Å². The minimum Gasteiger partial charge on any atom is -0.454 e. The molecule has 0 unspecified atom stereocenters. The van der Waals surface area contributed by atoms with Crippen LogP contribution >= 0.6 is 0 Å². The third-order valence-electron chi connectivity index (χ3n) is 6.18. The molecular formula is C22H21N3O7S. The van der Waals surface area contributed by atoms with Gasteiger partial charge >= 0.3 is 6.03 Å². The van der Waals surface area contributed by atoms with Crippen LogP contribution in [0.4, 0.5) is 10.5 Å². The van der Waals surface area contributed by atoms with Gasteiger partial charge in [-0.15, -0.1) is 0 Å². The molecule has 11 heteroatoms. The Hall–Kier alpha value is -3.60. The first-order valence-electron chi connectivity index (χ1n) is 10.3. The standard InChI is InChI=1S/C22H21N3O7S/c1-22(15-4-6-18-19(10-15)32-12-31-18)20(27)24(21(28)23-22)11-17(26)14-3-5-16-13(9-14)7-8-25(16)33(2,29)30/h3-6,9-10H,7-8,11-12H2,1-2H3,(H,23,28)/t22-/m0/s1. The number of carbonyl (C=O) groups is 3. The molecule has 1 saturated heterocycles. The van der Waals surface area contributed by atoms with Crippen molar-refractivity contribution in [3.05, 3.63) is 53.1 Å². The lowest BCUT2D eigenvalue weighted by atomic mass is 9.91. The van der Waals surface area contributed by atoms with Crippen LogP contribution in [0.2, 0.25) is 0 Å². The largest absolute Gasteiger partial charge is 0.454 e. The summed E-state index contributed by atoms with van der Waals surface area (Å²) in [5, 5.41) is 2.67. The maximum Gasteiger partial charge on any atom is 0.325 e. The van der Waals surface area contributed by atoms with E-state index in [9.17, 15) is 22.8 Å². The fourth-order valence-electron chi connectivity index (χ4n) is 4.37. The zero-order valence-electron chi connectivity index (χ0n) is 18.0. The topological polar surface area (TPSA) is 122 Å². The number of benzene rings is 2. The molecule has 0 radical (unpaired) electrons. The fraction of sp³-hybridized carbons (Fsp3) is 0.318. The number of ether oxygens (including phenoxy) is 2. The van der Waals surface area contributed by atoms with E-state index >= 15 is 0 Å². The van der Waals surface area contributed by atoms with Gasteiger partial charge < -0.3 is 14.8 Å². The molecule has 5 rings (SSSR count). The summed E-state index contributed by atoms with van der Waals surface area (Å²) >= 11 is 0. The highest BCUT2D eigenvalue weighted by Gasteiger charge is 2.50. The van der Waals surface area contributed by atoms with Crippen molar-refractivity contribution in [3.8, 4) is 11.5 Å². The smallest absolute Gasteiger partial charge is 0.325 e. The summed E-state index contributed by atoms with van der Waals surface area (Å²) in [7, 11) is -3.40. The third kappa shape index (κ3) is 3.39. The number of nitrogens with one attached hydrogen (secondary N) is 1. The van der Waals surface area contributed by atoms with Gasteiger partial charge in [0, 0.05) is 12.1 Å². The summed E-state index contributed by atoms with van der Waals surface area (Å²) in [5.41, 5.74) is 0.736. The number of carbonyl (C=O) groups excluding carboxylic acids is 3. The second kappa shape index (κ2) is 7.20. The highest BCUT2D eigenvalue weighted by atomic mass is 32.2. The van der Waals surface area contributed by atoms with Crippen molar-refractivity contribution in [1.29, 1.82) is 0 Å². The number of hydrogen-bond donors (Lipinski definition) is 1. The summed E-state index contributed by atoms with van der Waals surface area (Å²) in [6, 6.07) is 9.03. The van der Waals surface area contributed by atoms with Crippen molar-refractivity contribution in [3.63, 3.8) is 0 Å². The SMILES string of the molecule is C[C@@]1(c2ccc3c(c2)OCO3)NC(=O)N(CC(=O)c2ccc3c(c2)CCN3S(C)(=O)=O)C1=O. The fourth-order valence-corrected chi connectivity index (χ4v) is 5.33. The molecule has 0 spiro atoms. The second-order valence-electron chi connectivity index (χ2n) is 8.37. The molecule has 3 aliphatic heterocycles. The quantitative estimate of drug-likeness (QED) is 0.516. The number of nitrogens with zero attached hydrogens (tertiary/aromatic N) is 2. The van der Waals surface area contributed by atoms with Crippen LogP contribution in [0.15, 0.2) is 36.4 Å². The molecule has 1 fully saturated rings. The number of ketones is 1. The molecule has 3 heterocycles. The van der Waals surface area contributed by atoms with Gasteiger partial charge in [-0.3, -0.25) is 18.8 Å². The van der Waals surface area contributed by atoms with E-state index in [1.54, 1.807) is 37.3 Å². The first-order valence-corrected chi connectivity index (χ1v) is 12.1. The first kappa shape index (κ1) is 21.3. The summed E-state index contributed by atoms with van der Waals surface area (Å²) < 4.78 is 35.8. The maximum absolute atomic E-state index is 13.2. The van der Waals surface area contributed by atoms with E-state index in [2.05, 4.69) is 5.32 Å². The van der Waals surface area contributed by atoms with Gasteiger partial charge in [0.05, 0.1) is 18.5 Å². The number of imide groups is 1. The normalized spacial score (nSPS) is 21.4. The Morgan fingerprint density at radius 1 is 1.12 bits per heavy atom. The molecule has 0 aliphatic carbocycles. The van der Waals surface area contributed by atoms with Crippen LogP contribution in [0.1, 0.15) is 28.4 Å². The van der Waals surface area contributed by atoms with Gasteiger partial charge in [-0.25, -0.2) is 13.2 Å². The first-order chi connectivity index (χ1) is 15.6. The predicted octanol–water partition coefficient (Wildman–Crippen LogP) is 1.39. The van der Waals surface area contributed by atoms with E-state index in [1.165, 1.54) is 10.4 Å². The van der Waals surface area contributed by atoms with Crippen LogP contribution in [0.25, 0.3) is 0 Å². The summed E-state index contributed by atoms with van der Waals surface area (Å²) in [6.45, 7) is 1.54. The highest BCUT2D eigenvalue weighted by Crippen LogP contribution is 2.38. The Labute approximate surface area is 190 Å². The van der Waals surface area contributed by atoms with Crippen molar-refractivity contribution in [2.24, 2.45) is 0 Å². The molecule has 2 aromatic carbocycles. The molecule has 1 N–H and O–H groups in total. The molecule has 33 heavy (non-hydrogen) atoms. The van der Waals surface area contributed by atoms with Gasteiger partial charge in [0.15, 0.2) is 17.3 Å². The molecule has 3 amide bonds. The van der Waals surface area contributed by atoms with E-state index in [0.29, 0.717) is 41.3 Å². The molecule has 0 bridgehead atoms. The number of amides is 3. The van der Waals surface area contributed by atoms with Crippen LogP contribution < -0.4 is 19.1 Å². The monoisotopic (exact) mass is 471 g/mol. The lowest BCUT2D eigenvalue weighted by molar-refractivity contribution is -0.130. The lowest BCUT2D eigenvalue weighted by Crippen LogP contribution is -2.41. The van der Waals surface area contributed by atoms with Crippen molar-refractivity contribution in [1.82, 2.24) is 10.2 Å². The van der Waals surface area contributed by atoms with Crippen molar-refractivity contribution in [2.45, 2.75) is 18.9 Å². The molecule has 2 aromatic rings. The van der Waals surface area contributed by atoms with Gasteiger partial charge in [-0.05, 0) is 54.8 Å². The van der Waals surface area contributed by atoms with E-state index in [1.807, 2.05) is 0 Å². The average Bonchev–Trinajstić information content (AvgIpc) is 3.46. The number of rotatable bonds is 5. The molecule has 0 aromatic heterocycles. The number of hydrogen-bond acceptors (Lipinski definition) is 7. The van der Waals surface area contributed by atoms with Gasteiger partial charge in [-0.2, -0.15) is 0 Å². The van der Waals surface area contributed by atoms with Crippen LogP contribution in [0, 0.1) is 0 Å². The zero-order chi connectivity index (χ0) is 23.5. The van der Waals surface area contributed by atoms with Crippen LogP contribution in [-0.2, 0) is 26.8 Å². The number of fused-ring (bicyclic) bond motifs is 2. The molecule has 3 aliphatic rings. The molecule has 10 nitrogen and oxygen atoms in total. The highest BCUT2D eigenvalue weighted by molar-refractivity contribution is 7.92. The Kier molecular flexibility index (Phi) is 4.64. The average molecular weight is 471 g/mol. The van der Waals surface area contributed by atoms with Crippen LogP contribution in [-0.4, -0.2) is 57.2 Å². The molecule has 0 saturated carbocycles. The Morgan fingerprint density at radius 2 is 1.88 bits per heavy atom. The van der Waals surface area contributed by atoms with Crippen LogP contribution in [0.5, 0.6) is 11.5 Å². The number of Topliss-reactive ketones (excluding diaryl/α,β-unsaturated/α-hetero) is 1. The zero-order valence-corrected chi connectivity index (χ0v) is 18.8. The van der Waals surface area contributed by atoms with Gasteiger partial charge in [-0.1, -0.05) is 6.07 Å². The van der Waals surface area contributed by atoms with E-state index in [4.69, 9.17) is 9.47 Å².